The van der Waals surface area contributed by atoms with Crippen molar-refractivity contribution in [3.63, 3.8) is 0 Å². The van der Waals surface area contributed by atoms with Gasteiger partial charge in [0.2, 0.25) is 0 Å². The number of thioether (sulfide) groups is 2. The van der Waals surface area contributed by atoms with Gasteiger partial charge in [0.05, 0.1) is 7.11 Å². The zero-order valence-corrected chi connectivity index (χ0v) is 13.8. The fourth-order valence-corrected chi connectivity index (χ4v) is 5.88. The van der Waals surface area contributed by atoms with E-state index in [2.05, 4.69) is 48.0 Å². The molecule has 0 aromatic heterocycles. The van der Waals surface area contributed by atoms with Crippen molar-refractivity contribution in [1.29, 1.82) is 0 Å². The number of methoxy groups -OCH3 is 1. The van der Waals surface area contributed by atoms with Gasteiger partial charge in [-0.2, -0.15) is 23.5 Å². The number of ether oxygens (including phenoxy) is 1. The van der Waals surface area contributed by atoms with Crippen molar-refractivity contribution < 1.29 is 4.74 Å². The lowest BCUT2D eigenvalue weighted by atomic mass is 10.0. The Bertz CT molecular complexity index is 417. The Morgan fingerprint density at radius 3 is 2.90 bits per heavy atom. The molecule has 1 fully saturated rings. The first kappa shape index (κ1) is 16.0. The summed E-state index contributed by atoms with van der Waals surface area (Å²) >= 11 is 4.16. The molecule has 3 nitrogen and oxygen atoms in total. The molecule has 0 aliphatic carbocycles. The monoisotopic (exact) mass is 312 g/mol. The zero-order valence-electron chi connectivity index (χ0n) is 12.2. The van der Waals surface area contributed by atoms with Crippen molar-refractivity contribution >= 4 is 23.5 Å². The van der Waals surface area contributed by atoms with E-state index >= 15 is 0 Å². The van der Waals surface area contributed by atoms with Crippen LogP contribution in [0.3, 0.4) is 0 Å². The van der Waals surface area contributed by atoms with Gasteiger partial charge in [-0.15, -0.1) is 0 Å². The lowest BCUT2D eigenvalue weighted by Crippen LogP contribution is -2.49. The third kappa shape index (κ3) is 4.07. The quantitative estimate of drug-likeness (QED) is 0.625. The Balaban J connectivity index is 2.06. The van der Waals surface area contributed by atoms with Gasteiger partial charge in [-0.25, -0.2) is 0 Å². The van der Waals surface area contributed by atoms with Gasteiger partial charge in [0.15, 0.2) is 0 Å². The first-order chi connectivity index (χ1) is 9.78. The van der Waals surface area contributed by atoms with Gasteiger partial charge in [-0.05, 0) is 30.5 Å². The summed E-state index contributed by atoms with van der Waals surface area (Å²) in [6.07, 6.45) is 2.15. The maximum Gasteiger partial charge on any atom is 0.119 e. The van der Waals surface area contributed by atoms with Crippen molar-refractivity contribution in [2.24, 2.45) is 5.84 Å². The molecular formula is C15H24N2OS2. The summed E-state index contributed by atoms with van der Waals surface area (Å²) in [6.45, 7) is 2.27. The fourth-order valence-electron chi connectivity index (χ4n) is 2.63. The maximum atomic E-state index is 5.84. The van der Waals surface area contributed by atoms with Crippen molar-refractivity contribution in [3.8, 4) is 5.75 Å². The molecule has 1 aromatic carbocycles. The summed E-state index contributed by atoms with van der Waals surface area (Å²) in [5, 5.41) is 1.27. The van der Waals surface area contributed by atoms with Gasteiger partial charge in [0.1, 0.15) is 5.75 Å². The van der Waals surface area contributed by atoms with Crippen LogP contribution in [-0.4, -0.2) is 35.2 Å². The van der Waals surface area contributed by atoms with Crippen LogP contribution in [0.15, 0.2) is 24.3 Å². The molecule has 1 aliphatic rings. The summed E-state index contributed by atoms with van der Waals surface area (Å²) in [5.41, 5.74) is 4.32. The van der Waals surface area contributed by atoms with Crippen molar-refractivity contribution in [2.75, 3.05) is 18.6 Å². The van der Waals surface area contributed by atoms with Crippen molar-refractivity contribution in [1.82, 2.24) is 5.43 Å². The van der Waals surface area contributed by atoms with E-state index < -0.39 is 0 Å². The van der Waals surface area contributed by atoms with Crippen LogP contribution in [0.25, 0.3) is 0 Å². The Morgan fingerprint density at radius 1 is 1.40 bits per heavy atom. The molecule has 0 saturated carbocycles. The number of rotatable bonds is 6. The number of nitrogens with two attached hydrogens (primary N) is 1. The third-order valence-electron chi connectivity index (χ3n) is 3.69. The van der Waals surface area contributed by atoms with E-state index in [1.54, 1.807) is 7.11 Å². The van der Waals surface area contributed by atoms with Crippen LogP contribution in [0.2, 0.25) is 0 Å². The van der Waals surface area contributed by atoms with E-state index in [0.29, 0.717) is 16.5 Å². The van der Waals surface area contributed by atoms with E-state index in [1.165, 1.54) is 23.5 Å². The molecule has 3 unspecified atom stereocenters. The smallest absolute Gasteiger partial charge is 0.119 e. The van der Waals surface area contributed by atoms with E-state index in [-0.39, 0.29) is 0 Å². The van der Waals surface area contributed by atoms with Crippen LogP contribution in [0, 0.1) is 0 Å². The minimum Gasteiger partial charge on any atom is -0.497 e. The summed E-state index contributed by atoms with van der Waals surface area (Å²) in [5.74, 6) is 9.23. The standard InChI is InChI=1S/C15H24N2OS2/c1-3-14-15(20-8-7-19-14)13(17-16)10-11-5-4-6-12(9-11)18-2/h4-6,9,13-15,17H,3,7-8,10,16H2,1-2H3. The molecule has 0 radical (unpaired) electrons. The number of hydrogen-bond donors (Lipinski definition) is 2. The minimum absolute atomic E-state index is 0.310. The van der Waals surface area contributed by atoms with E-state index in [1.807, 2.05) is 12.1 Å². The first-order valence-electron chi connectivity index (χ1n) is 7.10. The Kier molecular flexibility index (Phi) is 6.55. The normalized spacial score (nSPS) is 24.4. The molecule has 0 spiro atoms. The van der Waals surface area contributed by atoms with E-state index in [9.17, 15) is 0 Å². The van der Waals surface area contributed by atoms with Crippen LogP contribution in [0.5, 0.6) is 5.75 Å². The summed E-state index contributed by atoms with van der Waals surface area (Å²) in [7, 11) is 1.71. The molecular weight excluding hydrogens is 288 g/mol. The number of hydrogen-bond acceptors (Lipinski definition) is 5. The Morgan fingerprint density at radius 2 is 2.20 bits per heavy atom. The molecule has 1 aliphatic heterocycles. The van der Waals surface area contributed by atoms with Gasteiger partial charge in [-0.1, -0.05) is 19.1 Å². The second-order valence-electron chi connectivity index (χ2n) is 4.98. The van der Waals surface area contributed by atoms with Gasteiger partial charge in [-0.3, -0.25) is 11.3 Å². The highest BCUT2D eigenvalue weighted by Crippen LogP contribution is 2.36. The highest BCUT2D eigenvalue weighted by atomic mass is 32.2. The average molecular weight is 313 g/mol. The topological polar surface area (TPSA) is 47.3 Å². The largest absolute Gasteiger partial charge is 0.497 e. The predicted octanol–water partition coefficient (Wildman–Crippen LogP) is 2.70. The van der Waals surface area contributed by atoms with Crippen molar-refractivity contribution in [3.05, 3.63) is 29.8 Å². The van der Waals surface area contributed by atoms with E-state index in [4.69, 9.17) is 10.6 Å². The number of nitrogens with one attached hydrogen (secondary N) is 1. The van der Waals surface area contributed by atoms with Gasteiger partial charge in [0, 0.05) is 28.0 Å². The first-order valence-corrected chi connectivity index (χ1v) is 9.20. The van der Waals surface area contributed by atoms with Crippen LogP contribution in [-0.2, 0) is 6.42 Å². The van der Waals surface area contributed by atoms with Crippen LogP contribution >= 0.6 is 23.5 Å². The molecule has 1 heterocycles. The zero-order chi connectivity index (χ0) is 14.4. The molecule has 20 heavy (non-hydrogen) atoms. The van der Waals surface area contributed by atoms with Gasteiger partial charge < -0.3 is 4.74 Å². The number of benzene rings is 1. The summed E-state index contributed by atoms with van der Waals surface area (Å²) in [4.78, 5) is 0. The van der Waals surface area contributed by atoms with Crippen LogP contribution < -0.4 is 16.0 Å². The highest BCUT2D eigenvalue weighted by Gasteiger charge is 2.31. The molecule has 3 atom stereocenters. The predicted molar refractivity (Wildman–Crippen MR) is 90.6 cm³/mol. The van der Waals surface area contributed by atoms with Gasteiger partial charge in [0.25, 0.3) is 0 Å². The van der Waals surface area contributed by atoms with Crippen LogP contribution in [0.1, 0.15) is 18.9 Å². The van der Waals surface area contributed by atoms with E-state index in [0.717, 1.165) is 12.2 Å². The average Bonchev–Trinajstić information content (AvgIpc) is 2.52. The lowest BCUT2D eigenvalue weighted by Gasteiger charge is -2.35. The summed E-state index contributed by atoms with van der Waals surface area (Å²) < 4.78 is 5.30. The third-order valence-corrected chi connectivity index (χ3v) is 7.10. The molecule has 1 saturated heterocycles. The van der Waals surface area contributed by atoms with Gasteiger partial charge >= 0.3 is 0 Å². The fraction of sp³-hybridized carbons (Fsp3) is 0.600. The Hall–Kier alpha value is -0.360. The molecule has 1 aromatic rings. The number of hydrazine groups is 1. The maximum absolute atomic E-state index is 5.84. The Labute approximate surface area is 130 Å². The molecule has 3 N–H and O–H groups in total. The highest BCUT2D eigenvalue weighted by molar-refractivity contribution is 8.07. The van der Waals surface area contributed by atoms with Crippen LogP contribution in [0.4, 0.5) is 0 Å². The SMILES string of the molecule is CCC1SCCSC1C(Cc1cccc(OC)c1)NN. The summed E-state index contributed by atoms with van der Waals surface area (Å²) in [6, 6.07) is 8.58. The second-order valence-corrected chi connectivity index (χ2v) is 7.61. The molecule has 2 rings (SSSR count). The van der Waals surface area contributed by atoms with Crippen molar-refractivity contribution in [2.45, 2.75) is 36.3 Å². The molecule has 5 heteroatoms. The second kappa shape index (κ2) is 8.17. The molecule has 0 bridgehead atoms. The molecule has 0 amide bonds. The molecule has 112 valence electrons. The minimum atomic E-state index is 0.310. The lowest BCUT2D eigenvalue weighted by molar-refractivity contribution is 0.413.